The first-order valence-electron chi connectivity index (χ1n) is 6.12. The highest BCUT2D eigenvalue weighted by molar-refractivity contribution is 9.10. The molecule has 0 saturated heterocycles. The summed E-state index contributed by atoms with van der Waals surface area (Å²) in [6.45, 7) is 2.88. The predicted molar refractivity (Wildman–Crippen MR) is 84.7 cm³/mol. The van der Waals surface area contributed by atoms with Crippen molar-refractivity contribution in [2.75, 3.05) is 19.1 Å². The summed E-state index contributed by atoms with van der Waals surface area (Å²) < 4.78 is 0.589. The standard InChI is InChI=1S/C13H19BrN2O2S/c1-4-11(9-19-3)15(2)8-10-6-5-7-12(13(10)14)16(17)18/h5-7,11H,4,8-9H2,1-3H3. The van der Waals surface area contributed by atoms with Crippen LogP contribution in [-0.2, 0) is 6.54 Å². The number of halogens is 1. The van der Waals surface area contributed by atoms with Crippen molar-refractivity contribution in [2.24, 2.45) is 0 Å². The molecule has 0 radical (unpaired) electrons. The van der Waals surface area contributed by atoms with Gasteiger partial charge in [-0.25, -0.2) is 0 Å². The molecule has 6 heteroatoms. The molecule has 0 aliphatic rings. The van der Waals surface area contributed by atoms with E-state index in [1.54, 1.807) is 6.07 Å². The zero-order valence-corrected chi connectivity index (χ0v) is 13.8. The monoisotopic (exact) mass is 346 g/mol. The summed E-state index contributed by atoms with van der Waals surface area (Å²) in [6.07, 6.45) is 3.17. The maximum atomic E-state index is 10.9. The van der Waals surface area contributed by atoms with Gasteiger partial charge in [-0.2, -0.15) is 11.8 Å². The number of hydrogen-bond acceptors (Lipinski definition) is 4. The minimum Gasteiger partial charge on any atom is -0.298 e. The average molecular weight is 347 g/mol. The first-order chi connectivity index (χ1) is 9.01. The Bertz CT molecular complexity index is 443. The lowest BCUT2D eigenvalue weighted by Crippen LogP contribution is -2.32. The number of nitrogens with zero attached hydrogens (tertiary/aromatic N) is 2. The second-order valence-electron chi connectivity index (χ2n) is 4.44. The van der Waals surface area contributed by atoms with E-state index in [1.807, 2.05) is 17.8 Å². The molecule has 1 rings (SSSR count). The molecule has 0 aliphatic heterocycles. The lowest BCUT2D eigenvalue weighted by Gasteiger charge is -2.26. The first kappa shape index (κ1) is 16.5. The van der Waals surface area contributed by atoms with Crippen LogP contribution in [0.3, 0.4) is 0 Å². The quantitative estimate of drug-likeness (QED) is 0.554. The van der Waals surface area contributed by atoms with Crippen molar-refractivity contribution in [1.82, 2.24) is 4.90 Å². The third-order valence-corrected chi connectivity index (χ3v) is 4.76. The van der Waals surface area contributed by atoms with Crippen molar-refractivity contribution < 1.29 is 4.92 Å². The van der Waals surface area contributed by atoms with Crippen LogP contribution in [0, 0.1) is 10.1 Å². The molecule has 0 saturated carbocycles. The van der Waals surface area contributed by atoms with Crippen LogP contribution in [0.1, 0.15) is 18.9 Å². The Morgan fingerprint density at radius 2 is 2.21 bits per heavy atom. The minimum atomic E-state index is -0.354. The molecule has 0 aromatic heterocycles. The Labute approximate surface area is 126 Å². The third-order valence-electron chi connectivity index (χ3n) is 3.13. The van der Waals surface area contributed by atoms with Crippen LogP contribution < -0.4 is 0 Å². The molecule has 0 fully saturated rings. The van der Waals surface area contributed by atoms with Gasteiger partial charge in [0.2, 0.25) is 0 Å². The number of benzene rings is 1. The zero-order valence-electron chi connectivity index (χ0n) is 11.4. The van der Waals surface area contributed by atoms with Gasteiger partial charge in [-0.05, 0) is 41.2 Å². The molecule has 0 amide bonds. The molecule has 0 spiro atoms. The van der Waals surface area contributed by atoms with Crippen molar-refractivity contribution in [1.29, 1.82) is 0 Å². The Kier molecular flexibility index (Phi) is 6.82. The SMILES string of the molecule is CCC(CSC)N(C)Cc1cccc([N+](=O)[O-])c1Br. The van der Waals surface area contributed by atoms with Gasteiger partial charge in [-0.3, -0.25) is 15.0 Å². The van der Waals surface area contributed by atoms with Crippen LogP contribution in [0.5, 0.6) is 0 Å². The summed E-state index contributed by atoms with van der Waals surface area (Å²) in [5, 5.41) is 10.9. The van der Waals surface area contributed by atoms with E-state index in [2.05, 4.69) is 41.1 Å². The van der Waals surface area contributed by atoms with Crippen molar-refractivity contribution >= 4 is 33.4 Å². The highest BCUT2D eigenvalue weighted by atomic mass is 79.9. The first-order valence-corrected chi connectivity index (χ1v) is 8.30. The smallest absolute Gasteiger partial charge is 0.283 e. The normalized spacial score (nSPS) is 12.7. The minimum absolute atomic E-state index is 0.129. The van der Waals surface area contributed by atoms with Crippen LogP contribution in [0.15, 0.2) is 22.7 Å². The fourth-order valence-electron chi connectivity index (χ4n) is 1.98. The summed E-state index contributed by atoms with van der Waals surface area (Å²) in [5.74, 6) is 1.07. The van der Waals surface area contributed by atoms with E-state index >= 15 is 0 Å². The van der Waals surface area contributed by atoms with Gasteiger partial charge in [0.1, 0.15) is 0 Å². The molecule has 0 N–H and O–H groups in total. The summed E-state index contributed by atoms with van der Waals surface area (Å²) >= 11 is 5.17. The maximum absolute atomic E-state index is 10.9. The van der Waals surface area contributed by atoms with E-state index in [1.165, 1.54) is 6.07 Å². The van der Waals surface area contributed by atoms with Crippen molar-refractivity contribution in [3.8, 4) is 0 Å². The van der Waals surface area contributed by atoms with Gasteiger partial charge < -0.3 is 0 Å². The third kappa shape index (κ3) is 4.47. The van der Waals surface area contributed by atoms with Gasteiger partial charge in [0.15, 0.2) is 0 Å². The average Bonchev–Trinajstić information content (AvgIpc) is 2.37. The fraction of sp³-hybridized carbons (Fsp3) is 0.538. The number of hydrogen-bond donors (Lipinski definition) is 0. The van der Waals surface area contributed by atoms with Crippen LogP contribution in [0.4, 0.5) is 5.69 Å². The zero-order chi connectivity index (χ0) is 14.4. The van der Waals surface area contributed by atoms with Crippen LogP contribution in [0.2, 0.25) is 0 Å². The fourth-order valence-corrected chi connectivity index (χ4v) is 3.39. The van der Waals surface area contributed by atoms with Gasteiger partial charge in [-0.15, -0.1) is 0 Å². The van der Waals surface area contributed by atoms with Gasteiger partial charge in [-0.1, -0.05) is 19.1 Å². The highest BCUT2D eigenvalue weighted by Crippen LogP contribution is 2.29. The van der Waals surface area contributed by atoms with E-state index in [9.17, 15) is 10.1 Å². The predicted octanol–water partition coefficient (Wildman–Crippen LogP) is 3.93. The summed E-state index contributed by atoms with van der Waals surface area (Å²) in [4.78, 5) is 12.8. The molecule has 19 heavy (non-hydrogen) atoms. The Hall–Kier alpha value is -0.590. The molecule has 106 valence electrons. The molecule has 0 aliphatic carbocycles. The molecule has 1 unspecified atom stereocenters. The van der Waals surface area contributed by atoms with Gasteiger partial charge in [0, 0.05) is 24.4 Å². The number of rotatable bonds is 7. The van der Waals surface area contributed by atoms with Gasteiger partial charge in [0.05, 0.1) is 9.40 Å². The van der Waals surface area contributed by atoms with Crippen molar-refractivity contribution in [2.45, 2.75) is 25.9 Å². The van der Waals surface area contributed by atoms with Crippen LogP contribution >= 0.6 is 27.7 Å². The van der Waals surface area contributed by atoms with E-state index in [0.717, 1.165) is 17.7 Å². The topological polar surface area (TPSA) is 46.4 Å². The Morgan fingerprint density at radius 3 is 2.74 bits per heavy atom. The molecule has 1 aromatic rings. The molecule has 1 aromatic carbocycles. The Balaban J connectivity index is 2.87. The number of thioether (sulfide) groups is 1. The van der Waals surface area contributed by atoms with Crippen molar-refractivity contribution in [3.05, 3.63) is 38.3 Å². The molecule has 4 nitrogen and oxygen atoms in total. The molecular formula is C13H19BrN2O2S. The van der Waals surface area contributed by atoms with E-state index in [0.29, 0.717) is 17.1 Å². The highest BCUT2D eigenvalue weighted by Gasteiger charge is 2.18. The number of nitro benzene ring substituents is 1. The van der Waals surface area contributed by atoms with Crippen LogP contribution in [0.25, 0.3) is 0 Å². The second kappa shape index (κ2) is 7.87. The number of nitro groups is 1. The summed E-state index contributed by atoms with van der Waals surface area (Å²) in [6, 6.07) is 5.68. The van der Waals surface area contributed by atoms with Crippen LogP contribution in [-0.4, -0.2) is 34.9 Å². The molecular weight excluding hydrogens is 328 g/mol. The van der Waals surface area contributed by atoms with Gasteiger partial charge >= 0.3 is 0 Å². The lowest BCUT2D eigenvalue weighted by molar-refractivity contribution is -0.385. The van der Waals surface area contributed by atoms with Gasteiger partial charge in [0.25, 0.3) is 5.69 Å². The molecule has 0 heterocycles. The largest absolute Gasteiger partial charge is 0.298 e. The lowest BCUT2D eigenvalue weighted by atomic mass is 10.1. The maximum Gasteiger partial charge on any atom is 0.283 e. The second-order valence-corrected chi connectivity index (χ2v) is 6.14. The Morgan fingerprint density at radius 1 is 1.53 bits per heavy atom. The summed E-state index contributed by atoms with van der Waals surface area (Å²) in [5.41, 5.74) is 1.08. The molecule has 0 bridgehead atoms. The summed E-state index contributed by atoms with van der Waals surface area (Å²) in [7, 11) is 2.07. The molecule has 1 atom stereocenters. The van der Waals surface area contributed by atoms with E-state index < -0.39 is 0 Å². The van der Waals surface area contributed by atoms with E-state index in [-0.39, 0.29) is 10.6 Å². The van der Waals surface area contributed by atoms with Crippen molar-refractivity contribution in [3.63, 3.8) is 0 Å². The van der Waals surface area contributed by atoms with E-state index in [4.69, 9.17) is 0 Å².